The van der Waals surface area contributed by atoms with Crippen molar-refractivity contribution in [3.63, 3.8) is 0 Å². The van der Waals surface area contributed by atoms with E-state index in [1.54, 1.807) is 11.3 Å². The first-order valence-corrected chi connectivity index (χ1v) is 8.04. The van der Waals surface area contributed by atoms with Gasteiger partial charge in [-0.2, -0.15) is 0 Å². The molecule has 1 unspecified atom stereocenters. The lowest BCUT2D eigenvalue weighted by Gasteiger charge is -2.22. The smallest absolute Gasteiger partial charge is 0.145 e. The van der Waals surface area contributed by atoms with Crippen LogP contribution < -0.4 is 16.6 Å². The van der Waals surface area contributed by atoms with Crippen molar-refractivity contribution in [3.8, 4) is 0 Å². The van der Waals surface area contributed by atoms with Crippen molar-refractivity contribution in [2.75, 3.05) is 10.7 Å². The Morgan fingerprint density at radius 3 is 2.38 bits per heavy atom. The van der Waals surface area contributed by atoms with Crippen LogP contribution in [0.15, 0.2) is 23.6 Å². The fourth-order valence-electron chi connectivity index (χ4n) is 2.07. The van der Waals surface area contributed by atoms with Gasteiger partial charge in [0, 0.05) is 16.9 Å². The van der Waals surface area contributed by atoms with E-state index in [1.807, 2.05) is 6.07 Å². The molecule has 0 aliphatic heterocycles. The standard InChI is InChI=1S/C15H23N5S/c1-9(2)14(11-6-5-7-21-11)17-12-8-13(20-16)19-15(18-12)10(3)4/h5-10,14H,16H2,1-4H3,(H2,17,18,19,20). The van der Waals surface area contributed by atoms with E-state index in [4.69, 9.17) is 5.84 Å². The van der Waals surface area contributed by atoms with Gasteiger partial charge in [0.25, 0.3) is 0 Å². The summed E-state index contributed by atoms with van der Waals surface area (Å²) in [4.78, 5) is 10.3. The molecule has 21 heavy (non-hydrogen) atoms. The lowest BCUT2D eigenvalue weighted by atomic mass is 10.0. The highest BCUT2D eigenvalue weighted by Crippen LogP contribution is 2.30. The van der Waals surface area contributed by atoms with Crippen molar-refractivity contribution in [1.29, 1.82) is 0 Å². The maximum Gasteiger partial charge on any atom is 0.145 e. The van der Waals surface area contributed by atoms with E-state index in [0.29, 0.717) is 11.7 Å². The molecule has 0 saturated heterocycles. The zero-order valence-electron chi connectivity index (χ0n) is 12.9. The molecule has 2 heterocycles. The third-order valence-electron chi connectivity index (χ3n) is 3.23. The van der Waals surface area contributed by atoms with E-state index in [1.165, 1.54) is 4.88 Å². The number of hydrazine groups is 1. The molecule has 0 saturated carbocycles. The Morgan fingerprint density at radius 2 is 1.86 bits per heavy atom. The molecule has 114 valence electrons. The second kappa shape index (κ2) is 6.87. The minimum Gasteiger partial charge on any atom is -0.362 e. The van der Waals surface area contributed by atoms with Crippen molar-refractivity contribution in [2.45, 2.75) is 39.7 Å². The van der Waals surface area contributed by atoms with Gasteiger partial charge in [-0.15, -0.1) is 11.3 Å². The molecule has 0 bridgehead atoms. The molecular formula is C15H23N5S. The molecule has 0 spiro atoms. The minimum absolute atomic E-state index is 0.227. The Labute approximate surface area is 130 Å². The van der Waals surface area contributed by atoms with Crippen LogP contribution in [0, 0.1) is 5.92 Å². The third-order valence-corrected chi connectivity index (χ3v) is 4.18. The second-order valence-corrected chi connectivity index (χ2v) is 6.66. The van der Waals surface area contributed by atoms with Crippen LogP contribution in [-0.2, 0) is 0 Å². The molecule has 6 heteroatoms. The van der Waals surface area contributed by atoms with Gasteiger partial charge in [-0.05, 0) is 17.4 Å². The van der Waals surface area contributed by atoms with E-state index < -0.39 is 0 Å². The predicted octanol–water partition coefficient (Wildman–Crippen LogP) is 3.76. The van der Waals surface area contributed by atoms with Crippen LogP contribution in [-0.4, -0.2) is 9.97 Å². The van der Waals surface area contributed by atoms with Crippen LogP contribution in [0.1, 0.15) is 50.4 Å². The van der Waals surface area contributed by atoms with Crippen LogP contribution in [0.3, 0.4) is 0 Å². The Bertz CT molecular complexity index is 565. The topological polar surface area (TPSA) is 75.9 Å². The summed E-state index contributed by atoms with van der Waals surface area (Å²) in [6.45, 7) is 8.53. The molecule has 5 nitrogen and oxygen atoms in total. The Morgan fingerprint density at radius 1 is 1.14 bits per heavy atom. The van der Waals surface area contributed by atoms with Crippen LogP contribution in [0.5, 0.6) is 0 Å². The summed E-state index contributed by atoms with van der Waals surface area (Å²) < 4.78 is 0. The molecule has 2 aromatic rings. The van der Waals surface area contributed by atoms with E-state index in [9.17, 15) is 0 Å². The van der Waals surface area contributed by atoms with Crippen LogP contribution in [0.25, 0.3) is 0 Å². The number of hydrogen-bond donors (Lipinski definition) is 3. The maximum absolute atomic E-state index is 5.51. The first-order valence-electron chi connectivity index (χ1n) is 7.16. The molecule has 0 aliphatic rings. The molecular weight excluding hydrogens is 282 g/mol. The number of nitrogens with two attached hydrogens (primary N) is 1. The first-order chi connectivity index (χ1) is 10.0. The third kappa shape index (κ3) is 3.92. The SMILES string of the molecule is CC(C)c1nc(NN)cc(NC(c2cccs2)C(C)C)n1. The molecule has 0 amide bonds. The largest absolute Gasteiger partial charge is 0.362 e. The van der Waals surface area contributed by atoms with Gasteiger partial charge in [-0.3, -0.25) is 0 Å². The average molecular weight is 305 g/mol. The van der Waals surface area contributed by atoms with Gasteiger partial charge in [0.15, 0.2) is 0 Å². The fourth-order valence-corrected chi connectivity index (χ4v) is 3.01. The summed E-state index contributed by atoms with van der Waals surface area (Å²) in [5.74, 6) is 8.42. The summed E-state index contributed by atoms with van der Waals surface area (Å²) in [5, 5.41) is 5.61. The monoisotopic (exact) mass is 305 g/mol. The van der Waals surface area contributed by atoms with E-state index >= 15 is 0 Å². The number of thiophene rings is 1. The van der Waals surface area contributed by atoms with Crippen LogP contribution >= 0.6 is 11.3 Å². The van der Waals surface area contributed by atoms with Crippen LogP contribution in [0.2, 0.25) is 0 Å². The van der Waals surface area contributed by atoms with Crippen molar-refractivity contribution >= 4 is 23.0 Å². The summed E-state index contributed by atoms with van der Waals surface area (Å²) >= 11 is 1.75. The highest BCUT2D eigenvalue weighted by atomic mass is 32.1. The quantitative estimate of drug-likeness (QED) is 0.559. The molecule has 0 fully saturated rings. The number of aromatic nitrogens is 2. The van der Waals surface area contributed by atoms with E-state index in [-0.39, 0.29) is 12.0 Å². The number of hydrogen-bond acceptors (Lipinski definition) is 6. The Hall–Kier alpha value is -1.66. The normalized spacial score (nSPS) is 12.7. The van der Waals surface area contributed by atoms with Crippen molar-refractivity contribution in [1.82, 2.24) is 9.97 Å². The molecule has 0 aromatic carbocycles. The molecule has 2 aromatic heterocycles. The van der Waals surface area contributed by atoms with Crippen molar-refractivity contribution in [3.05, 3.63) is 34.3 Å². The van der Waals surface area contributed by atoms with Gasteiger partial charge in [0.1, 0.15) is 17.5 Å². The first kappa shape index (κ1) is 15.7. The number of nitrogens with one attached hydrogen (secondary N) is 2. The van der Waals surface area contributed by atoms with Crippen molar-refractivity contribution in [2.24, 2.45) is 11.8 Å². The fraction of sp³-hybridized carbons (Fsp3) is 0.467. The summed E-state index contributed by atoms with van der Waals surface area (Å²) in [5.41, 5.74) is 2.61. The van der Waals surface area contributed by atoms with Crippen LogP contribution in [0.4, 0.5) is 11.6 Å². The number of nitrogen functional groups attached to an aromatic ring is 1. The summed E-state index contributed by atoms with van der Waals surface area (Å²) in [7, 11) is 0. The molecule has 4 N–H and O–H groups in total. The number of anilines is 2. The van der Waals surface area contributed by atoms with Gasteiger partial charge in [-0.25, -0.2) is 15.8 Å². The number of nitrogens with zero attached hydrogens (tertiary/aromatic N) is 2. The Kier molecular flexibility index (Phi) is 5.14. The highest BCUT2D eigenvalue weighted by Gasteiger charge is 2.18. The van der Waals surface area contributed by atoms with Gasteiger partial charge >= 0.3 is 0 Å². The molecule has 0 aliphatic carbocycles. The lowest BCUT2D eigenvalue weighted by Crippen LogP contribution is -2.18. The second-order valence-electron chi connectivity index (χ2n) is 5.68. The zero-order chi connectivity index (χ0) is 15.4. The Balaban J connectivity index is 2.30. The van der Waals surface area contributed by atoms with Gasteiger partial charge in [0.2, 0.25) is 0 Å². The minimum atomic E-state index is 0.227. The van der Waals surface area contributed by atoms with Gasteiger partial charge < -0.3 is 10.7 Å². The summed E-state index contributed by atoms with van der Waals surface area (Å²) in [6, 6.07) is 6.29. The molecule has 1 atom stereocenters. The molecule has 2 rings (SSSR count). The van der Waals surface area contributed by atoms with Gasteiger partial charge in [0.05, 0.1) is 6.04 Å². The number of rotatable bonds is 6. The average Bonchev–Trinajstić information content (AvgIpc) is 2.97. The zero-order valence-corrected chi connectivity index (χ0v) is 13.7. The highest BCUT2D eigenvalue weighted by molar-refractivity contribution is 7.10. The maximum atomic E-state index is 5.51. The molecule has 0 radical (unpaired) electrons. The summed E-state index contributed by atoms with van der Waals surface area (Å²) in [6.07, 6.45) is 0. The van der Waals surface area contributed by atoms with Gasteiger partial charge in [-0.1, -0.05) is 33.8 Å². The predicted molar refractivity (Wildman–Crippen MR) is 89.5 cm³/mol. The van der Waals surface area contributed by atoms with E-state index in [2.05, 4.69) is 65.9 Å². The van der Waals surface area contributed by atoms with Crippen molar-refractivity contribution < 1.29 is 0 Å². The lowest BCUT2D eigenvalue weighted by molar-refractivity contribution is 0.551. The van der Waals surface area contributed by atoms with E-state index in [0.717, 1.165) is 11.6 Å².